The fourth-order valence-corrected chi connectivity index (χ4v) is 9.38. The number of ether oxygens (including phenoxy) is 9. The third-order valence-electron chi connectivity index (χ3n) is 13.9. The van der Waals surface area contributed by atoms with Gasteiger partial charge in [0.15, 0.2) is 34.5 Å². The standard InChI is InChI=1S/C67H94O9/c1-10-19-38-68-57-35-32-51(62(71-41-22-13-4)65(57)74-44-25-16-7)56-48-54-50-31-29-28-30-49(50)47-55(54)60(52-33-36-58(69-39-20-11-2)66(75-45-26-17-8)63(52)72-42-23-14-5)61(56)53-34-37-59(70-40-21-12-3)67(76-46-27-18-9)64(53)73-43-24-15-6/h28-37,48H,10-27,38-47H2,1-9H3. The van der Waals surface area contributed by atoms with E-state index in [-0.39, 0.29) is 0 Å². The summed E-state index contributed by atoms with van der Waals surface area (Å²) >= 11 is 0. The van der Waals surface area contributed by atoms with Gasteiger partial charge in [-0.1, -0.05) is 144 Å². The van der Waals surface area contributed by atoms with E-state index in [9.17, 15) is 0 Å². The molecule has 0 heterocycles. The number of rotatable bonds is 39. The first-order chi connectivity index (χ1) is 37.4. The lowest BCUT2D eigenvalue weighted by atomic mass is 9.81. The summed E-state index contributed by atoms with van der Waals surface area (Å²) in [4.78, 5) is 0. The first-order valence-electron chi connectivity index (χ1n) is 29.9. The molecule has 1 aliphatic carbocycles. The molecule has 76 heavy (non-hydrogen) atoms. The number of fused-ring (bicyclic) bond motifs is 3. The molecule has 0 aromatic heterocycles. The van der Waals surface area contributed by atoms with Crippen LogP contribution in [0, 0.1) is 0 Å². The molecular weight excluding hydrogens is 949 g/mol. The molecule has 0 amide bonds. The third-order valence-corrected chi connectivity index (χ3v) is 13.9. The monoisotopic (exact) mass is 1040 g/mol. The maximum atomic E-state index is 7.19. The normalized spacial score (nSPS) is 11.5. The van der Waals surface area contributed by atoms with E-state index in [1.807, 2.05) is 0 Å². The Kier molecular flexibility index (Phi) is 25.7. The molecule has 1 aliphatic rings. The van der Waals surface area contributed by atoms with E-state index in [2.05, 4.69) is 129 Å². The van der Waals surface area contributed by atoms with Crippen LogP contribution in [-0.4, -0.2) is 59.5 Å². The third kappa shape index (κ3) is 15.5. The largest absolute Gasteiger partial charge is 0.490 e. The number of unbranched alkanes of at least 4 members (excludes halogenated alkanes) is 9. The molecule has 0 saturated heterocycles. The van der Waals surface area contributed by atoms with Crippen LogP contribution in [0.2, 0.25) is 0 Å². The highest BCUT2D eigenvalue weighted by Gasteiger charge is 2.35. The number of hydrogen-bond donors (Lipinski definition) is 0. The van der Waals surface area contributed by atoms with E-state index >= 15 is 0 Å². The van der Waals surface area contributed by atoms with Crippen LogP contribution in [0.4, 0.5) is 0 Å². The molecule has 0 bridgehead atoms. The average molecular weight is 1040 g/mol. The summed E-state index contributed by atoms with van der Waals surface area (Å²) in [6.45, 7) is 24.6. The second-order valence-corrected chi connectivity index (χ2v) is 20.2. The van der Waals surface area contributed by atoms with Crippen LogP contribution in [0.3, 0.4) is 0 Å². The van der Waals surface area contributed by atoms with E-state index in [0.29, 0.717) is 118 Å². The lowest BCUT2D eigenvalue weighted by Crippen LogP contribution is -2.10. The van der Waals surface area contributed by atoms with Gasteiger partial charge in [0, 0.05) is 22.3 Å². The van der Waals surface area contributed by atoms with Crippen molar-refractivity contribution in [2.75, 3.05) is 59.5 Å². The van der Waals surface area contributed by atoms with Gasteiger partial charge in [-0.3, -0.25) is 0 Å². The van der Waals surface area contributed by atoms with Gasteiger partial charge in [0.05, 0.1) is 59.5 Å². The van der Waals surface area contributed by atoms with Gasteiger partial charge >= 0.3 is 0 Å². The molecule has 6 rings (SSSR count). The van der Waals surface area contributed by atoms with Crippen LogP contribution in [-0.2, 0) is 6.42 Å². The van der Waals surface area contributed by atoms with Crippen LogP contribution >= 0.6 is 0 Å². The minimum atomic E-state index is 0.502. The zero-order chi connectivity index (χ0) is 53.9. The van der Waals surface area contributed by atoms with Gasteiger partial charge in [-0.15, -0.1) is 0 Å². The zero-order valence-electron chi connectivity index (χ0n) is 48.3. The van der Waals surface area contributed by atoms with Gasteiger partial charge in [0.2, 0.25) is 17.2 Å². The second kappa shape index (κ2) is 32.8. The highest BCUT2D eigenvalue weighted by Crippen LogP contribution is 2.59. The maximum absolute atomic E-state index is 7.19. The Morgan fingerprint density at radius 3 is 0.974 bits per heavy atom. The van der Waals surface area contributed by atoms with Crippen LogP contribution in [0.25, 0.3) is 44.5 Å². The van der Waals surface area contributed by atoms with Crippen molar-refractivity contribution in [1.29, 1.82) is 0 Å². The fourth-order valence-electron chi connectivity index (χ4n) is 9.38. The predicted octanol–water partition coefficient (Wildman–Crippen LogP) is 18.9. The highest BCUT2D eigenvalue weighted by molar-refractivity contribution is 6.06. The molecule has 0 radical (unpaired) electrons. The van der Waals surface area contributed by atoms with E-state index in [4.69, 9.17) is 42.6 Å². The Hall–Kier alpha value is -5.70. The predicted molar refractivity (Wildman–Crippen MR) is 315 cm³/mol. The van der Waals surface area contributed by atoms with Crippen molar-refractivity contribution in [1.82, 2.24) is 0 Å². The van der Waals surface area contributed by atoms with Crippen LogP contribution in [0.5, 0.6) is 51.7 Å². The summed E-state index contributed by atoms with van der Waals surface area (Å²) < 4.78 is 62.2. The molecular formula is C67H94O9. The molecule has 0 spiro atoms. The highest BCUT2D eigenvalue weighted by atomic mass is 16.6. The summed E-state index contributed by atoms with van der Waals surface area (Å²) in [5.74, 6) is 6.00. The van der Waals surface area contributed by atoms with E-state index in [1.54, 1.807) is 0 Å². The molecule has 9 nitrogen and oxygen atoms in total. The Morgan fingerprint density at radius 1 is 0.276 bits per heavy atom. The van der Waals surface area contributed by atoms with Crippen molar-refractivity contribution in [2.45, 2.75) is 184 Å². The smallest absolute Gasteiger partial charge is 0.204 e. The van der Waals surface area contributed by atoms with Crippen LogP contribution in [0.1, 0.15) is 189 Å². The van der Waals surface area contributed by atoms with E-state index in [0.717, 1.165) is 155 Å². The maximum Gasteiger partial charge on any atom is 0.204 e. The Bertz CT molecular complexity index is 2510. The van der Waals surface area contributed by atoms with Gasteiger partial charge < -0.3 is 42.6 Å². The van der Waals surface area contributed by atoms with Gasteiger partial charge in [-0.25, -0.2) is 0 Å². The van der Waals surface area contributed by atoms with E-state index in [1.165, 1.54) is 16.7 Å². The molecule has 5 aromatic carbocycles. The number of benzene rings is 5. The minimum absolute atomic E-state index is 0.502. The fraction of sp³-hybridized carbons (Fsp3) is 0.552. The average Bonchev–Trinajstić information content (AvgIpc) is 3.87. The molecule has 0 aliphatic heterocycles. The summed E-state index contributed by atoms with van der Waals surface area (Å²) in [6, 6.07) is 24.1. The Labute approximate surface area is 458 Å². The van der Waals surface area contributed by atoms with Gasteiger partial charge in [0.1, 0.15) is 0 Å². The van der Waals surface area contributed by atoms with Crippen LogP contribution < -0.4 is 42.6 Å². The van der Waals surface area contributed by atoms with Crippen molar-refractivity contribution in [3.05, 3.63) is 77.9 Å². The second-order valence-electron chi connectivity index (χ2n) is 20.2. The van der Waals surface area contributed by atoms with Gasteiger partial charge in [0.25, 0.3) is 0 Å². The van der Waals surface area contributed by atoms with Crippen molar-refractivity contribution >= 4 is 0 Å². The van der Waals surface area contributed by atoms with Gasteiger partial charge in [-0.05, 0) is 140 Å². The molecule has 0 saturated carbocycles. The van der Waals surface area contributed by atoms with E-state index < -0.39 is 0 Å². The van der Waals surface area contributed by atoms with Crippen LogP contribution in [0.15, 0.2) is 66.7 Å². The lowest BCUT2D eigenvalue weighted by molar-refractivity contribution is 0.237. The first kappa shape index (κ1) is 59.5. The minimum Gasteiger partial charge on any atom is -0.490 e. The lowest BCUT2D eigenvalue weighted by Gasteiger charge is -2.28. The zero-order valence-corrected chi connectivity index (χ0v) is 48.3. The first-order valence-corrected chi connectivity index (χ1v) is 29.9. The summed E-state index contributed by atoms with van der Waals surface area (Å²) in [5, 5.41) is 0. The molecule has 0 N–H and O–H groups in total. The summed E-state index contributed by atoms with van der Waals surface area (Å²) in [6.07, 6.45) is 17.7. The molecule has 0 fully saturated rings. The summed E-state index contributed by atoms with van der Waals surface area (Å²) in [7, 11) is 0. The topological polar surface area (TPSA) is 83.1 Å². The Morgan fingerprint density at radius 2 is 0.592 bits per heavy atom. The SMILES string of the molecule is CCCCOc1ccc(-c2cc3c(c(-c4ccc(OCCCC)c(OCCCC)c4OCCCC)c2-c2ccc(OCCCC)c(OCCCC)c2OCCCC)Cc2ccccc2-3)c(OCCCC)c1OCCCC. The number of hydrogen-bond acceptors (Lipinski definition) is 9. The molecule has 5 aromatic rings. The quantitative estimate of drug-likeness (QED) is 0.0351. The molecule has 0 unspecified atom stereocenters. The van der Waals surface area contributed by atoms with Crippen molar-refractivity contribution in [2.24, 2.45) is 0 Å². The molecule has 9 heteroatoms. The van der Waals surface area contributed by atoms with Crippen molar-refractivity contribution in [3.8, 4) is 96.3 Å². The van der Waals surface area contributed by atoms with Crippen molar-refractivity contribution in [3.63, 3.8) is 0 Å². The van der Waals surface area contributed by atoms with Gasteiger partial charge in [-0.2, -0.15) is 0 Å². The summed E-state index contributed by atoms with van der Waals surface area (Å²) in [5.41, 5.74) is 10.5. The van der Waals surface area contributed by atoms with Crippen molar-refractivity contribution < 1.29 is 42.6 Å². The molecule has 0 atom stereocenters. The Balaban J connectivity index is 1.88. The molecule has 416 valence electrons.